The van der Waals surface area contributed by atoms with Gasteiger partial charge in [-0.2, -0.15) is 0 Å². The van der Waals surface area contributed by atoms with E-state index in [0.29, 0.717) is 0 Å². The maximum atomic E-state index is 4.09. The van der Waals surface area contributed by atoms with Crippen molar-refractivity contribution < 1.29 is 0 Å². The molecule has 1 rings (SSSR count). The van der Waals surface area contributed by atoms with Gasteiger partial charge in [0.2, 0.25) is 0 Å². The van der Waals surface area contributed by atoms with Gasteiger partial charge in [0, 0.05) is 18.8 Å². The second kappa shape index (κ2) is 4.69. The summed E-state index contributed by atoms with van der Waals surface area (Å²) in [7, 11) is 0. The third-order valence-corrected chi connectivity index (χ3v) is 2.95. The molecule has 1 aliphatic rings. The van der Waals surface area contributed by atoms with Crippen LogP contribution in [0.2, 0.25) is 0 Å². The molecule has 1 unspecified atom stereocenters. The lowest BCUT2D eigenvalue weighted by Crippen LogP contribution is -2.19. The summed E-state index contributed by atoms with van der Waals surface area (Å²) in [5, 5.41) is 0. The number of nitrogens with zero attached hydrogens (tertiary/aromatic N) is 1. The molecule has 0 aliphatic carbocycles. The fraction of sp³-hybridized carbons (Fsp3) is 0.833. The Hall–Kier alpha value is -0.460. The van der Waals surface area contributed by atoms with Crippen molar-refractivity contribution >= 4 is 0 Å². The molecule has 1 nitrogen and oxygen atoms in total. The van der Waals surface area contributed by atoms with Gasteiger partial charge in [-0.05, 0) is 31.1 Å². The average Bonchev–Trinajstić information content (AvgIpc) is 2.50. The molecule has 0 bridgehead atoms. The molecule has 0 aromatic carbocycles. The lowest BCUT2D eigenvalue weighted by atomic mass is 9.97. The largest absolute Gasteiger partial charge is 0.375 e. The molecular weight excluding hydrogens is 158 g/mol. The first-order chi connectivity index (χ1) is 6.13. The minimum absolute atomic E-state index is 0.847. The lowest BCUT2D eigenvalue weighted by Gasteiger charge is -2.20. The van der Waals surface area contributed by atoms with Crippen molar-refractivity contribution in [1.82, 2.24) is 4.90 Å². The summed E-state index contributed by atoms with van der Waals surface area (Å²) in [6.45, 7) is 13.4. The molecular formula is C12H23N. The predicted molar refractivity (Wildman–Crippen MR) is 58.6 cm³/mol. The van der Waals surface area contributed by atoms with Crippen LogP contribution in [0.3, 0.4) is 0 Å². The molecule has 1 aliphatic heterocycles. The van der Waals surface area contributed by atoms with Gasteiger partial charge in [-0.1, -0.05) is 27.4 Å². The van der Waals surface area contributed by atoms with Crippen LogP contribution in [0.15, 0.2) is 12.3 Å². The maximum absolute atomic E-state index is 4.09. The standard InChI is InChI=1S/C12H23N/c1-5-11(4)13-7-6-12(9-13)8-10(2)3/h10,12H,4-9H2,1-3H3. The van der Waals surface area contributed by atoms with Crippen LogP contribution in [-0.2, 0) is 0 Å². The number of allylic oxidation sites excluding steroid dienone is 1. The highest BCUT2D eigenvalue weighted by Gasteiger charge is 2.22. The molecule has 13 heavy (non-hydrogen) atoms. The topological polar surface area (TPSA) is 3.24 Å². The lowest BCUT2D eigenvalue weighted by molar-refractivity contribution is 0.367. The molecule has 1 fully saturated rings. The van der Waals surface area contributed by atoms with Crippen molar-refractivity contribution in [3.05, 3.63) is 12.3 Å². The summed E-state index contributed by atoms with van der Waals surface area (Å²) >= 11 is 0. The fourth-order valence-electron chi connectivity index (χ4n) is 2.20. The van der Waals surface area contributed by atoms with Crippen molar-refractivity contribution in [3.8, 4) is 0 Å². The van der Waals surface area contributed by atoms with Crippen molar-refractivity contribution in [2.75, 3.05) is 13.1 Å². The second-order valence-corrected chi connectivity index (χ2v) is 4.65. The predicted octanol–water partition coefficient (Wildman–Crippen LogP) is 3.28. The first-order valence-electron chi connectivity index (χ1n) is 5.56. The SMILES string of the molecule is C=C(CC)N1CCC(CC(C)C)C1. The van der Waals surface area contributed by atoms with E-state index in [2.05, 4.69) is 32.3 Å². The Bertz CT molecular complexity index is 172. The van der Waals surface area contributed by atoms with Gasteiger partial charge in [0.1, 0.15) is 0 Å². The molecule has 0 aromatic rings. The van der Waals surface area contributed by atoms with Crippen LogP contribution in [-0.4, -0.2) is 18.0 Å². The molecule has 0 radical (unpaired) electrons. The van der Waals surface area contributed by atoms with E-state index >= 15 is 0 Å². The Balaban J connectivity index is 2.32. The Morgan fingerprint density at radius 3 is 2.77 bits per heavy atom. The quantitative estimate of drug-likeness (QED) is 0.643. The first kappa shape index (κ1) is 10.6. The van der Waals surface area contributed by atoms with E-state index in [9.17, 15) is 0 Å². The zero-order chi connectivity index (χ0) is 9.84. The molecule has 0 N–H and O–H groups in total. The fourth-order valence-corrected chi connectivity index (χ4v) is 2.20. The molecule has 0 spiro atoms. The number of hydrogen-bond acceptors (Lipinski definition) is 1. The number of hydrogen-bond donors (Lipinski definition) is 0. The van der Waals surface area contributed by atoms with Gasteiger partial charge in [-0.3, -0.25) is 0 Å². The van der Waals surface area contributed by atoms with E-state index in [0.717, 1.165) is 18.3 Å². The van der Waals surface area contributed by atoms with Crippen molar-refractivity contribution in [1.29, 1.82) is 0 Å². The van der Waals surface area contributed by atoms with Gasteiger partial charge in [0.25, 0.3) is 0 Å². The Morgan fingerprint density at radius 1 is 1.54 bits per heavy atom. The normalized spacial score (nSPS) is 22.8. The van der Waals surface area contributed by atoms with E-state index in [1.54, 1.807) is 0 Å². The average molecular weight is 181 g/mol. The van der Waals surface area contributed by atoms with E-state index in [1.807, 2.05) is 0 Å². The van der Waals surface area contributed by atoms with Gasteiger partial charge < -0.3 is 4.90 Å². The monoisotopic (exact) mass is 181 g/mol. The van der Waals surface area contributed by atoms with Crippen LogP contribution in [0.4, 0.5) is 0 Å². The maximum Gasteiger partial charge on any atom is 0.0203 e. The molecule has 1 saturated heterocycles. The molecule has 76 valence electrons. The minimum atomic E-state index is 0.847. The van der Waals surface area contributed by atoms with E-state index in [1.165, 1.54) is 31.6 Å². The third kappa shape index (κ3) is 3.06. The van der Waals surface area contributed by atoms with Gasteiger partial charge in [-0.15, -0.1) is 0 Å². The van der Waals surface area contributed by atoms with Crippen LogP contribution in [0.25, 0.3) is 0 Å². The Labute approximate surface area is 82.8 Å². The number of likely N-dealkylation sites (tertiary alicyclic amines) is 1. The van der Waals surface area contributed by atoms with Crippen LogP contribution < -0.4 is 0 Å². The van der Waals surface area contributed by atoms with Gasteiger partial charge in [-0.25, -0.2) is 0 Å². The third-order valence-electron chi connectivity index (χ3n) is 2.95. The minimum Gasteiger partial charge on any atom is -0.375 e. The molecule has 1 heteroatoms. The van der Waals surface area contributed by atoms with Gasteiger partial charge in [0.05, 0.1) is 0 Å². The highest BCUT2D eigenvalue weighted by Crippen LogP contribution is 2.25. The zero-order valence-corrected chi connectivity index (χ0v) is 9.34. The summed E-state index contributed by atoms with van der Waals surface area (Å²) in [6, 6.07) is 0. The Kier molecular flexibility index (Phi) is 3.83. The molecule has 0 amide bonds. The van der Waals surface area contributed by atoms with Crippen molar-refractivity contribution in [2.24, 2.45) is 11.8 Å². The summed E-state index contributed by atoms with van der Waals surface area (Å²) in [5.74, 6) is 1.77. The summed E-state index contributed by atoms with van der Waals surface area (Å²) < 4.78 is 0. The summed E-state index contributed by atoms with van der Waals surface area (Å²) in [4.78, 5) is 2.47. The second-order valence-electron chi connectivity index (χ2n) is 4.65. The van der Waals surface area contributed by atoms with Crippen molar-refractivity contribution in [2.45, 2.75) is 40.0 Å². The van der Waals surface area contributed by atoms with Crippen LogP contribution in [0.1, 0.15) is 40.0 Å². The van der Waals surface area contributed by atoms with Gasteiger partial charge >= 0.3 is 0 Å². The molecule has 0 saturated carbocycles. The summed E-state index contributed by atoms with van der Waals surface area (Å²) in [6.07, 6.45) is 3.86. The van der Waals surface area contributed by atoms with E-state index < -0.39 is 0 Å². The zero-order valence-electron chi connectivity index (χ0n) is 9.34. The van der Waals surface area contributed by atoms with Gasteiger partial charge in [0.15, 0.2) is 0 Å². The van der Waals surface area contributed by atoms with Crippen LogP contribution in [0, 0.1) is 11.8 Å². The number of rotatable bonds is 4. The summed E-state index contributed by atoms with van der Waals surface area (Å²) in [5.41, 5.74) is 1.33. The highest BCUT2D eigenvalue weighted by atomic mass is 15.2. The van der Waals surface area contributed by atoms with Crippen molar-refractivity contribution in [3.63, 3.8) is 0 Å². The van der Waals surface area contributed by atoms with E-state index in [4.69, 9.17) is 0 Å². The molecule has 0 aromatic heterocycles. The first-order valence-corrected chi connectivity index (χ1v) is 5.56. The van der Waals surface area contributed by atoms with Crippen LogP contribution >= 0.6 is 0 Å². The molecule has 1 heterocycles. The molecule has 1 atom stereocenters. The van der Waals surface area contributed by atoms with E-state index in [-0.39, 0.29) is 0 Å². The Morgan fingerprint density at radius 2 is 2.23 bits per heavy atom. The van der Waals surface area contributed by atoms with Crippen LogP contribution in [0.5, 0.6) is 0 Å². The smallest absolute Gasteiger partial charge is 0.0203 e. The highest BCUT2D eigenvalue weighted by molar-refractivity contribution is 4.96.